The second kappa shape index (κ2) is 7.61. The molecule has 0 aromatic heterocycles. The van der Waals surface area contributed by atoms with Crippen molar-refractivity contribution >= 4 is 23.3 Å². The minimum absolute atomic E-state index is 0.124. The van der Waals surface area contributed by atoms with Crippen LogP contribution in [0, 0.1) is 13.8 Å². The molecule has 6 heteroatoms. The van der Waals surface area contributed by atoms with E-state index in [1.165, 1.54) is 25.1 Å². The number of ether oxygens (including phenoxy) is 1. The largest absolute Gasteiger partial charge is 0.506 e. The van der Waals surface area contributed by atoms with Crippen LogP contribution in [0.2, 0.25) is 0 Å². The van der Waals surface area contributed by atoms with Crippen LogP contribution >= 0.6 is 0 Å². The molecule has 2 aromatic rings. The molecule has 2 N–H and O–H groups in total. The molecule has 0 aliphatic carbocycles. The minimum Gasteiger partial charge on any atom is -0.506 e. The van der Waals surface area contributed by atoms with Gasteiger partial charge >= 0.3 is 5.97 Å². The Bertz CT molecular complexity index is 821. The van der Waals surface area contributed by atoms with Crippen LogP contribution in [0.1, 0.15) is 38.8 Å². The summed E-state index contributed by atoms with van der Waals surface area (Å²) >= 11 is 0. The topological polar surface area (TPSA) is 92.7 Å². The van der Waals surface area contributed by atoms with Gasteiger partial charge in [0.05, 0.1) is 11.3 Å². The summed E-state index contributed by atoms with van der Waals surface area (Å²) in [5.74, 6) is -1.55. The molecule has 1 amide bonds. The van der Waals surface area contributed by atoms with Gasteiger partial charge in [-0.3, -0.25) is 9.59 Å². The van der Waals surface area contributed by atoms with E-state index in [0.29, 0.717) is 5.56 Å². The number of benzene rings is 2. The van der Waals surface area contributed by atoms with Gasteiger partial charge in [0, 0.05) is 12.5 Å². The van der Waals surface area contributed by atoms with Crippen molar-refractivity contribution in [3.8, 4) is 5.75 Å². The molecule has 0 radical (unpaired) electrons. The van der Waals surface area contributed by atoms with Gasteiger partial charge in [-0.15, -0.1) is 0 Å². The first-order valence-corrected chi connectivity index (χ1v) is 7.65. The highest BCUT2D eigenvalue weighted by Crippen LogP contribution is 2.24. The van der Waals surface area contributed by atoms with Crippen molar-refractivity contribution in [1.29, 1.82) is 0 Å². The first-order valence-electron chi connectivity index (χ1n) is 7.65. The highest BCUT2D eigenvalue weighted by Gasteiger charge is 2.14. The predicted octanol–water partition coefficient (Wildman–Crippen LogP) is 3.01. The number of ketones is 1. The van der Waals surface area contributed by atoms with E-state index in [0.717, 1.165) is 11.1 Å². The Morgan fingerprint density at radius 1 is 1.00 bits per heavy atom. The zero-order chi connectivity index (χ0) is 18.6. The molecule has 0 bridgehead atoms. The van der Waals surface area contributed by atoms with Crippen LogP contribution in [0.15, 0.2) is 36.4 Å². The summed E-state index contributed by atoms with van der Waals surface area (Å²) in [5.41, 5.74) is 2.58. The fourth-order valence-electron chi connectivity index (χ4n) is 2.39. The van der Waals surface area contributed by atoms with E-state index in [1.54, 1.807) is 12.1 Å². The molecule has 6 nitrogen and oxygen atoms in total. The highest BCUT2D eigenvalue weighted by molar-refractivity contribution is 6.01. The maximum atomic E-state index is 12.2. The number of rotatable bonds is 5. The van der Waals surface area contributed by atoms with E-state index >= 15 is 0 Å². The lowest BCUT2D eigenvalue weighted by Gasteiger charge is -2.09. The third-order valence-corrected chi connectivity index (χ3v) is 3.42. The summed E-state index contributed by atoms with van der Waals surface area (Å²) in [5, 5.41) is 12.1. The van der Waals surface area contributed by atoms with Crippen molar-refractivity contribution in [2.45, 2.75) is 20.8 Å². The summed E-state index contributed by atoms with van der Waals surface area (Å²) in [7, 11) is 0. The average molecular weight is 341 g/mol. The number of phenolic OH excluding ortho intramolecular Hbond substituents is 1. The van der Waals surface area contributed by atoms with Gasteiger partial charge in [-0.1, -0.05) is 17.2 Å². The lowest BCUT2D eigenvalue weighted by molar-refractivity contribution is -0.114. The number of nitrogens with one attached hydrogen (secondary N) is 1. The van der Waals surface area contributed by atoms with Gasteiger partial charge in [-0.05, 0) is 44.2 Å². The van der Waals surface area contributed by atoms with Crippen LogP contribution in [0.5, 0.6) is 5.75 Å². The van der Waals surface area contributed by atoms with Gasteiger partial charge in [-0.25, -0.2) is 4.79 Å². The molecule has 0 atom stereocenters. The lowest BCUT2D eigenvalue weighted by atomic mass is 10.1. The van der Waals surface area contributed by atoms with Crippen LogP contribution in [0.3, 0.4) is 0 Å². The number of Topliss-reactive ketones (excluding diaryl/α,β-unsaturated/α-hetero) is 1. The van der Waals surface area contributed by atoms with Crippen LogP contribution in [0.25, 0.3) is 0 Å². The Morgan fingerprint density at radius 3 is 2.24 bits per heavy atom. The number of aromatic hydroxyl groups is 1. The normalized spacial score (nSPS) is 10.2. The monoisotopic (exact) mass is 341 g/mol. The van der Waals surface area contributed by atoms with E-state index in [2.05, 4.69) is 5.32 Å². The number of carbonyl (C=O) groups excluding carboxylic acids is 3. The fourth-order valence-corrected chi connectivity index (χ4v) is 2.39. The number of aryl methyl sites for hydroxylation is 2. The number of hydrogen-bond acceptors (Lipinski definition) is 5. The van der Waals surface area contributed by atoms with Crippen molar-refractivity contribution < 1.29 is 24.2 Å². The second-order valence-electron chi connectivity index (χ2n) is 5.79. The van der Waals surface area contributed by atoms with Crippen LogP contribution in [-0.2, 0) is 9.53 Å². The third kappa shape index (κ3) is 4.91. The summed E-state index contributed by atoms with van der Waals surface area (Å²) < 4.78 is 5.07. The molecule has 130 valence electrons. The number of anilines is 1. The number of hydrogen-bond donors (Lipinski definition) is 2. The highest BCUT2D eigenvalue weighted by atomic mass is 16.5. The van der Waals surface area contributed by atoms with Crippen molar-refractivity contribution in [2.75, 3.05) is 11.9 Å². The van der Waals surface area contributed by atoms with Gasteiger partial charge in [0.15, 0.2) is 12.4 Å². The SMILES string of the molecule is CC(=O)Nc1cc(C(=O)COC(=O)c2cc(C)cc(C)c2)ccc1O. The fraction of sp³-hybridized carbons (Fsp3) is 0.211. The van der Waals surface area contributed by atoms with Crippen molar-refractivity contribution in [3.63, 3.8) is 0 Å². The first kappa shape index (κ1) is 18.2. The predicted molar refractivity (Wildman–Crippen MR) is 92.9 cm³/mol. The second-order valence-corrected chi connectivity index (χ2v) is 5.79. The third-order valence-electron chi connectivity index (χ3n) is 3.42. The molecular weight excluding hydrogens is 322 g/mol. The molecular formula is C19H19NO5. The summed E-state index contributed by atoms with van der Waals surface area (Å²) in [6.45, 7) is 4.60. The molecule has 0 spiro atoms. The molecule has 2 aromatic carbocycles. The Balaban J connectivity index is 2.07. The van der Waals surface area contributed by atoms with Crippen molar-refractivity contribution in [1.82, 2.24) is 0 Å². The number of amides is 1. The molecule has 0 aliphatic rings. The van der Waals surface area contributed by atoms with Crippen LogP contribution in [-0.4, -0.2) is 29.4 Å². The maximum absolute atomic E-state index is 12.2. The number of carbonyl (C=O) groups is 3. The molecule has 2 rings (SSSR count). The van der Waals surface area contributed by atoms with Gasteiger partial charge in [0.2, 0.25) is 5.91 Å². The van der Waals surface area contributed by atoms with E-state index < -0.39 is 18.4 Å². The smallest absolute Gasteiger partial charge is 0.338 e. The molecule has 0 unspecified atom stereocenters. The quantitative estimate of drug-likeness (QED) is 0.495. The van der Waals surface area contributed by atoms with E-state index in [-0.39, 0.29) is 22.9 Å². The maximum Gasteiger partial charge on any atom is 0.338 e. The zero-order valence-electron chi connectivity index (χ0n) is 14.3. The Morgan fingerprint density at radius 2 is 1.64 bits per heavy atom. The molecule has 0 fully saturated rings. The standard InChI is InChI=1S/C19H19NO5/c1-11-6-12(2)8-15(7-11)19(24)25-10-18(23)14-4-5-17(22)16(9-14)20-13(3)21/h4-9,22H,10H2,1-3H3,(H,20,21). The summed E-state index contributed by atoms with van der Waals surface area (Å²) in [4.78, 5) is 35.4. The molecule has 0 heterocycles. The van der Waals surface area contributed by atoms with E-state index in [1.807, 2.05) is 19.9 Å². The van der Waals surface area contributed by atoms with Gasteiger partial charge < -0.3 is 15.2 Å². The van der Waals surface area contributed by atoms with Gasteiger partial charge in [0.1, 0.15) is 5.75 Å². The average Bonchev–Trinajstić information content (AvgIpc) is 2.53. The molecule has 0 saturated heterocycles. The molecule has 0 aliphatic heterocycles. The Labute approximate surface area is 145 Å². The minimum atomic E-state index is -0.582. The van der Waals surface area contributed by atoms with Crippen molar-refractivity contribution in [3.05, 3.63) is 58.7 Å². The number of phenols is 1. The first-order chi connectivity index (χ1) is 11.8. The summed E-state index contributed by atoms with van der Waals surface area (Å²) in [6.07, 6.45) is 0. The zero-order valence-corrected chi connectivity index (χ0v) is 14.3. The molecule has 0 saturated carbocycles. The summed E-state index contributed by atoms with van der Waals surface area (Å²) in [6, 6.07) is 9.34. The van der Waals surface area contributed by atoms with E-state index in [9.17, 15) is 19.5 Å². The molecule has 25 heavy (non-hydrogen) atoms. The van der Waals surface area contributed by atoms with Gasteiger partial charge in [-0.2, -0.15) is 0 Å². The lowest BCUT2D eigenvalue weighted by Crippen LogP contribution is -2.15. The van der Waals surface area contributed by atoms with Crippen molar-refractivity contribution in [2.24, 2.45) is 0 Å². The Hall–Kier alpha value is -3.15. The van der Waals surface area contributed by atoms with Crippen LogP contribution in [0.4, 0.5) is 5.69 Å². The Kier molecular flexibility index (Phi) is 5.54. The van der Waals surface area contributed by atoms with Crippen LogP contribution < -0.4 is 5.32 Å². The van der Waals surface area contributed by atoms with Gasteiger partial charge in [0.25, 0.3) is 0 Å². The number of esters is 1. The van der Waals surface area contributed by atoms with E-state index in [4.69, 9.17) is 4.74 Å².